The highest BCUT2D eigenvalue weighted by Crippen LogP contribution is 2.50. The van der Waals surface area contributed by atoms with E-state index in [1.165, 1.54) is 0 Å². The lowest BCUT2D eigenvalue weighted by Crippen LogP contribution is -2.21. The number of fused-ring (bicyclic) bond motifs is 5. The molecule has 3 aliphatic heterocycles. The SMILES string of the molecule is Cn1cc(/C=C2\Oc3c(ccc4c3[C@@H](c3ccc5c(c3)OCO5)CC(=O)O4)C2=O)c2ccccc21. The largest absolute Gasteiger partial charge is 0.454 e. The second-order valence-electron chi connectivity index (χ2n) is 8.85. The molecule has 4 heterocycles. The van der Waals surface area contributed by atoms with Gasteiger partial charge in [0.1, 0.15) is 11.5 Å². The molecule has 0 fully saturated rings. The normalized spacial score (nSPS) is 19.0. The summed E-state index contributed by atoms with van der Waals surface area (Å²) in [6, 6.07) is 17.0. The number of esters is 1. The van der Waals surface area contributed by atoms with Crippen LogP contribution in [0.15, 0.2) is 66.6 Å². The van der Waals surface area contributed by atoms with Gasteiger partial charge in [0, 0.05) is 41.2 Å². The molecule has 0 N–H and O–H groups in total. The summed E-state index contributed by atoms with van der Waals surface area (Å²) in [4.78, 5) is 25.8. The van der Waals surface area contributed by atoms with E-state index >= 15 is 0 Å². The lowest BCUT2D eigenvalue weighted by molar-refractivity contribution is -0.135. The summed E-state index contributed by atoms with van der Waals surface area (Å²) < 4.78 is 24.7. The summed E-state index contributed by atoms with van der Waals surface area (Å²) in [5.74, 6) is 1.50. The summed E-state index contributed by atoms with van der Waals surface area (Å²) in [7, 11) is 1.97. The van der Waals surface area contributed by atoms with Crippen molar-refractivity contribution >= 4 is 28.7 Å². The Hall–Kier alpha value is -4.52. The van der Waals surface area contributed by atoms with Crippen molar-refractivity contribution in [2.24, 2.45) is 7.05 Å². The van der Waals surface area contributed by atoms with E-state index in [1.807, 2.05) is 60.3 Å². The van der Waals surface area contributed by atoms with Crippen molar-refractivity contribution in [3.63, 3.8) is 0 Å². The molecule has 0 bridgehead atoms. The highest BCUT2D eigenvalue weighted by atomic mass is 16.7. The smallest absolute Gasteiger partial charge is 0.312 e. The second kappa shape index (κ2) is 7.24. The number of hydrogen-bond acceptors (Lipinski definition) is 6. The third kappa shape index (κ3) is 2.98. The molecule has 1 aromatic heterocycles. The van der Waals surface area contributed by atoms with E-state index in [4.69, 9.17) is 18.9 Å². The number of ether oxygens (including phenoxy) is 4. The van der Waals surface area contributed by atoms with Crippen LogP contribution in [0.25, 0.3) is 17.0 Å². The van der Waals surface area contributed by atoms with Crippen LogP contribution in [0.3, 0.4) is 0 Å². The molecule has 0 amide bonds. The molecular formula is C28H19NO6. The van der Waals surface area contributed by atoms with Crippen molar-refractivity contribution in [3.8, 4) is 23.0 Å². The second-order valence-corrected chi connectivity index (χ2v) is 8.85. The van der Waals surface area contributed by atoms with Gasteiger partial charge in [0.05, 0.1) is 12.0 Å². The molecule has 7 rings (SSSR count). The number of carbonyl (C=O) groups excluding carboxylic acids is 2. The average Bonchev–Trinajstić information content (AvgIpc) is 3.55. The average molecular weight is 465 g/mol. The lowest BCUT2D eigenvalue weighted by atomic mass is 9.84. The number of para-hydroxylation sites is 1. The Morgan fingerprint density at radius 2 is 1.77 bits per heavy atom. The van der Waals surface area contributed by atoms with Crippen LogP contribution in [0.4, 0.5) is 0 Å². The molecule has 0 spiro atoms. The van der Waals surface area contributed by atoms with Crippen molar-refractivity contribution in [1.82, 2.24) is 4.57 Å². The van der Waals surface area contributed by atoms with Gasteiger partial charge in [-0.3, -0.25) is 9.59 Å². The van der Waals surface area contributed by atoms with E-state index in [0.717, 1.165) is 22.0 Å². The quantitative estimate of drug-likeness (QED) is 0.237. The fraction of sp³-hybridized carbons (Fsp3) is 0.143. The molecule has 0 radical (unpaired) electrons. The molecule has 35 heavy (non-hydrogen) atoms. The van der Waals surface area contributed by atoms with Crippen LogP contribution in [0.2, 0.25) is 0 Å². The molecule has 7 nitrogen and oxygen atoms in total. The summed E-state index contributed by atoms with van der Waals surface area (Å²) in [5.41, 5.74) is 3.97. The van der Waals surface area contributed by atoms with Crippen molar-refractivity contribution in [2.75, 3.05) is 6.79 Å². The van der Waals surface area contributed by atoms with Crippen LogP contribution in [-0.2, 0) is 11.8 Å². The summed E-state index contributed by atoms with van der Waals surface area (Å²) in [6.45, 7) is 0.164. The first-order chi connectivity index (χ1) is 17.1. The van der Waals surface area contributed by atoms with Crippen LogP contribution in [0.5, 0.6) is 23.0 Å². The Balaban J connectivity index is 1.34. The Labute approximate surface area is 200 Å². The molecule has 0 saturated heterocycles. The molecule has 0 saturated carbocycles. The van der Waals surface area contributed by atoms with Gasteiger partial charge in [-0.1, -0.05) is 24.3 Å². The van der Waals surface area contributed by atoms with Crippen molar-refractivity contribution in [1.29, 1.82) is 0 Å². The summed E-state index contributed by atoms with van der Waals surface area (Å²) in [6.07, 6.45) is 3.88. The topological polar surface area (TPSA) is 76.0 Å². The van der Waals surface area contributed by atoms with Gasteiger partial charge in [0.15, 0.2) is 17.3 Å². The predicted molar refractivity (Wildman–Crippen MR) is 127 cm³/mol. The van der Waals surface area contributed by atoms with Gasteiger partial charge in [-0.15, -0.1) is 0 Å². The van der Waals surface area contributed by atoms with Crippen LogP contribution < -0.4 is 18.9 Å². The number of rotatable bonds is 2. The summed E-state index contributed by atoms with van der Waals surface area (Å²) in [5, 5.41) is 1.03. The van der Waals surface area contributed by atoms with E-state index in [0.29, 0.717) is 34.1 Å². The van der Waals surface area contributed by atoms with Crippen molar-refractivity contribution in [2.45, 2.75) is 12.3 Å². The fourth-order valence-corrected chi connectivity index (χ4v) is 5.15. The van der Waals surface area contributed by atoms with Crippen LogP contribution >= 0.6 is 0 Å². The number of ketones is 1. The molecule has 4 aromatic rings. The van der Waals surface area contributed by atoms with Gasteiger partial charge >= 0.3 is 5.97 Å². The Morgan fingerprint density at radius 1 is 0.943 bits per heavy atom. The number of allylic oxidation sites excluding steroid dienone is 1. The van der Waals surface area contributed by atoms with E-state index < -0.39 is 0 Å². The van der Waals surface area contributed by atoms with Gasteiger partial charge < -0.3 is 23.5 Å². The number of benzene rings is 3. The van der Waals surface area contributed by atoms with Crippen LogP contribution in [0.1, 0.15) is 39.4 Å². The molecule has 1 atom stereocenters. The number of hydrogen-bond donors (Lipinski definition) is 0. The van der Waals surface area contributed by atoms with Gasteiger partial charge in [0.2, 0.25) is 12.6 Å². The number of aromatic nitrogens is 1. The van der Waals surface area contributed by atoms with Gasteiger partial charge in [-0.2, -0.15) is 0 Å². The first-order valence-electron chi connectivity index (χ1n) is 11.3. The van der Waals surface area contributed by atoms with Crippen LogP contribution in [-0.4, -0.2) is 23.1 Å². The highest BCUT2D eigenvalue weighted by Gasteiger charge is 2.39. The molecule has 172 valence electrons. The lowest BCUT2D eigenvalue weighted by Gasteiger charge is -2.26. The third-order valence-corrected chi connectivity index (χ3v) is 6.79. The van der Waals surface area contributed by atoms with E-state index in [2.05, 4.69) is 0 Å². The van der Waals surface area contributed by atoms with Crippen molar-refractivity contribution < 1.29 is 28.5 Å². The maximum absolute atomic E-state index is 13.3. The van der Waals surface area contributed by atoms with Crippen molar-refractivity contribution in [3.05, 3.63) is 88.8 Å². The summed E-state index contributed by atoms with van der Waals surface area (Å²) >= 11 is 0. The minimum absolute atomic E-state index is 0.128. The Morgan fingerprint density at radius 3 is 2.69 bits per heavy atom. The predicted octanol–water partition coefficient (Wildman–Crippen LogP) is 4.96. The molecule has 3 aliphatic rings. The van der Waals surface area contributed by atoms with Crippen LogP contribution in [0, 0.1) is 0 Å². The zero-order valence-electron chi connectivity index (χ0n) is 18.7. The van der Waals surface area contributed by atoms with E-state index in [1.54, 1.807) is 18.2 Å². The Kier molecular flexibility index (Phi) is 4.12. The molecule has 0 aliphatic carbocycles. The van der Waals surface area contributed by atoms with Gasteiger partial charge in [-0.25, -0.2) is 0 Å². The monoisotopic (exact) mass is 465 g/mol. The highest BCUT2D eigenvalue weighted by molar-refractivity contribution is 6.15. The molecule has 7 heteroatoms. The van der Waals surface area contributed by atoms with E-state index in [-0.39, 0.29) is 36.6 Å². The molecule has 3 aromatic carbocycles. The Bertz CT molecular complexity index is 1610. The number of carbonyl (C=O) groups is 2. The van der Waals surface area contributed by atoms with Gasteiger partial charge in [0.25, 0.3) is 0 Å². The van der Waals surface area contributed by atoms with Gasteiger partial charge in [-0.05, 0) is 42.0 Å². The fourth-order valence-electron chi connectivity index (χ4n) is 5.15. The number of Topliss-reactive ketones (excluding diaryl/α,β-unsaturated/α-hetero) is 1. The minimum Gasteiger partial charge on any atom is -0.454 e. The minimum atomic E-state index is -0.347. The molecular weight excluding hydrogens is 446 g/mol. The van der Waals surface area contributed by atoms with E-state index in [9.17, 15) is 9.59 Å². The maximum atomic E-state index is 13.3. The first kappa shape index (κ1) is 19.9. The third-order valence-electron chi connectivity index (χ3n) is 6.79. The molecule has 0 unspecified atom stereocenters. The maximum Gasteiger partial charge on any atom is 0.312 e. The zero-order valence-corrected chi connectivity index (χ0v) is 18.7. The standard InChI is InChI=1S/C28H19NO6/c1-29-13-16(17-4-2-3-5-20(17)29)11-24-27(31)18-7-9-22-26(28(18)35-24)19(12-25(30)34-22)15-6-8-21-23(10-15)33-14-32-21/h2-11,13,19H,12,14H2,1H3/b24-11-/t19-/m1/s1. The number of nitrogens with zero attached hydrogens (tertiary/aromatic N) is 1. The zero-order chi connectivity index (χ0) is 23.7. The number of aryl methyl sites for hydroxylation is 1. The first-order valence-corrected chi connectivity index (χ1v) is 11.3.